The predicted octanol–water partition coefficient (Wildman–Crippen LogP) is -0.536. The second-order valence-corrected chi connectivity index (χ2v) is 5.52. The maximum absolute atomic E-state index is 12.3. The van der Waals surface area contributed by atoms with Crippen LogP contribution in [0.3, 0.4) is 0 Å². The summed E-state index contributed by atoms with van der Waals surface area (Å²) in [4.78, 5) is 24.0. The molecule has 1 heterocycles. The van der Waals surface area contributed by atoms with Crippen molar-refractivity contribution in [1.82, 2.24) is 10.6 Å². The molecule has 0 radical (unpaired) electrons. The lowest BCUT2D eigenvalue weighted by atomic mass is 9.79. The highest BCUT2D eigenvalue weighted by Gasteiger charge is 2.43. The van der Waals surface area contributed by atoms with Crippen molar-refractivity contribution in [1.29, 1.82) is 0 Å². The molecule has 2 amide bonds. The van der Waals surface area contributed by atoms with E-state index in [0.717, 1.165) is 12.8 Å². The first kappa shape index (κ1) is 14.2. The molecule has 106 valence electrons. The molecular formula is C12H19N3O3S. The van der Waals surface area contributed by atoms with Crippen molar-refractivity contribution in [3.8, 4) is 0 Å². The Kier molecular flexibility index (Phi) is 4.36. The van der Waals surface area contributed by atoms with Gasteiger partial charge in [-0.2, -0.15) is 0 Å². The Bertz CT molecular complexity index is 390. The van der Waals surface area contributed by atoms with Crippen molar-refractivity contribution in [3.63, 3.8) is 0 Å². The summed E-state index contributed by atoms with van der Waals surface area (Å²) in [7, 11) is 0. The zero-order chi connectivity index (χ0) is 13.9. The van der Waals surface area contributed by atoms with Gasteiger partial charge in [0.2, 0.25) is 11.8 Å². The number of thiocarbonyl (C=S) groups is 1. The molecule has 0 atom stereocenters. The van der Waals surface area contributed by atoms with E-state index in [9.17, 15) is 9.59 Å². The van der Waals surface area contributed by atoms with E-state index in [0.29, 0.717) is 26.1 Å². The van der Waals surface area contributed by atoms with Crippen LogP contribution in [0, 0.1) is 5.41 Å². The van der Waals surface area contributed by atoms with Crippen molar-refractivity contribution in [2.45, 2.75) is 31.7 Å². The fourth-order valence-corrected chi connectivity index (χ4v) is 2.44. The van der Waals surface area contributed by atoms with E-state index in [1.807, 2.05) is 0 Å². The van der Waals surface area contributed by atoms with Crippen LogP contribution in [-0.2, 0) is 14.3 Å². The summed E-state index contributed by atoms with van der Waals surface area (Å²) in [5.74, 6) is -0.435. The Hall–Kier alpha value is -1.21. The summed E-state index contributed by atoms with van der Waals surface area (Å²) in [5.41, 5.74) is 4.85. The average molecular weight is 285 g/mol. The zero-order valence-electron chi connectivity index (χ0n) is 10.7. The zero-order valence-corrected chi connectivity index (χ0v) is 11.6. The lowest BCUT2D eigenvalue weighted by Gasteiger charge is -2.34. The Labute approximate surface area is 117 Å². The molecule has 0 bridgehead atoms. The third-order valence-electron chi connectivity index (χ3n) is 3.60. The second kappa shape index (κ2) is 5.83. The molecule has 2 rings (SSSR count). The van der Waals surface area contributed by atoms with Gasteiger partial charge in [0, 0.05) is 19.3 Å². The predicted molar refractivity (Wildman–Crippen MR) is 73.4 cm³/mol. The van der Waals surface area contributed by atoms with Gasteiger partial charge in [-0.25, -0.2) is 0 Å². The SMILES string of the molecule is NC(=S)C1(C(=O)NCC(=O)NC2CC2)CCOCC1. The van der Waals surface area contributed by atoms with Gasteiger partial charge in [-0.15, -0.1) is 0 Å². The summed E-state index contributed by atoms with van der Waals surface area (Å²) >= 11 is 5.02. The number of amides is 2. The monoisotopic (exact) mass is 285 g/mol. The van der Waals surface area contributed by atoms with Gasteiger partial charge in [-0.3, -0.25) is 9.59 Å². The van der Waals surface area contributed by atoms with Crippen molar-refractivity contribution < 1.29 is 14.3 Å². The van der Waals surface area contributed by atoms with Crippen LogP contribution in [0.15, 0.2) is 0 Å². The van der Waals surface area contributed by atoms with E-state index in [1.54, 1.807) is 0 Å². The van der Waals surface area contributed by atoms with Crippen LogP contribution in [0.2, 0.25) is 0 Å². The Morgan fingerprint density at radius 1 is 1.32 bits per heavy atom. The van der Waals surface area contributed by atoms with Gasteiger partial charge in [0.15, 0.2) is 0 Å². The smallest absolute Gasteiger partial charge is 0.239 e. The number of carbonyl (C=O) groups is 2. The van der Waals surface area contributed by atoms with Gasteiger partial charge < -0.3 is 21.1 Å². The highest BCUT2D eigenvalue weighted by atomic mass is 32.1. The van der Waals surface area contributed by atoms with Gasteiger partial charge in [0.1, 0.15) is 5.41 Å². The molecule has 6 nitrogen and oxygen atoms in total. The quantitative estimate of drug-likeness (QED) is 0.590. The van der Waals surface area contributed by atoms with E-state index in [2.05, 4.69) is 10.6 Å². The van der Waals surface area contributed by atoms with Crippen molar-refractivity contribution in [2.24, 2.45) is 11.1 Å². The first-order chi connectivity index (χ1) is 9.04. The van der Waals surface area contributed by atoms with Gasteiger partial charge in [0.05, 0.1) is 11.5 Å². The molecule has 0 aromatic rings. The van der Waals surface area contributed by atoms with E-state index in [-0.39, 0.29) is 29.4 Å². The van der Waals surface area contributed by atoms with Crippen LogP contribution in [-0.4, -0.2) is 42.6 Å². The normalized spacial score (nSPS) is 21.5. The van der Waals surface area contributed by atoms with Gasteiger partial charge in [0.25, 0.3) is 0 Å². The molecule has 0 aromatic carbocycles. The number of ether oxygens (including phenoxy) is 1. The minimum atomic E-state index is -0.868. The fourth-order valence-electron chi connectivity index (χ4n) is 2.14. The Balaban J connectivity index is 1.88. The van der Waals surface area contributed by atoms with Crippen LogP contribution in [0.25, 0.3) is 0 Å². The lowest BCUT2D eigenvalue weighted by molar-refractivity contribution is -0.133. The van der Waals surface area contributed by atoms with Gasteiger partial charge in [-0.1, -0.05) is 12.2 Å². The number of nitrogens with two attached hydrogens (primary N) is 1. The maximum Gasteiger partial charge on any atom is 0.239 e. The largest absolute Gasteiger partial charge is 0.392 e. The summed E-state index contributed by atoms with van der Waals surface area (Å²) in [5, 5.41) is 5.44. The Morgan fingerprint density at radius 3 is 2.47 bits per heavy atom. The van der Waals surface area contributed by atoms with Crippen LogP contribution in [0.1, 0.15) is 25.7 Å². The maximum atomic E-state index is 12.3. The molecule has 7 heteroatoms. The third-order valence-corrected chi connectivity index (χ3v) is 4.00. The van der Waals surface area contributed by atoms with Crippen LogP contribution in [0.4, 0.5) is 0 Å². The topological polar surface area (TPSA) is 93.5 Å². The van der Waals surface area contributed by atoms with Gasteiger partial charge >= 0.3 is 0 Å². The van der Waals surface area contributed by atoms with Crippen molar-refractivity contribution in [2.75, 3.05) is 19.8 Å². The summed E-state index contributed by atoms with van der Waals surface area (Å²) < 4.78 is 5.24. The fraction of sp³-hybridized carbons (Fsp3) is 0.750. The minimum Gasteiger partial charge on any atom is -0.392 e. The molecule has 4 N–H and O–H groups in total. The van der Waals surface area contributed by atoms with E-state index >= 15 is 0 Å². The third kappa shape index (κ3) is 3.42. The number of nitrogens with one attached hydrogen (secondary N) is 2. The van der Waals surface area contributed by atoms with Crippen LogP contribution >= 0.6 is 12.2 Å². The molecule has 0 aromatic heterocycles. The number of rotatable bonds is 5. The standard InChI is InChI=1S/C12H19N3O3S/c13-10(19)12(3-5-18-6-4-12)11(17)14-7-9(16)15-8-1-2-8/h8H,1-7H2,(H2,13,19)(H,14,17)(H,15,16). The molecule has 2 fully saturated rings. The summed E-state index contributed by atoms with van der Waals surface area (Å²) in [6, 6.07) is 0.289. The minimum absolute atomic E-state index is 0.0272. The van der Waals surface area contributed by atoms with E-state index < -0.39 is 5.41 Å². The molecule has 0 spiro atoms. The number of carbonyl (C=O) groups excluding carboxylic acids is 2. The van der Waals surface area contributed by atoms with Crippen molar-refractivity contribution in [3.05, 3.63) is 0 Å². The number of hydrogen-bond acceptors (Lipinski definition) is 4. The first-order valence-electron chi connectivity index (χ1n) is 6.50. The second-order valence-electron chi connectivity index (χ2n) is 5.08. The molecular weight excluding hydrogens is 266 g/mol. The Morgan fingerprint density at radius 2 is 1.95 bits per heavy atom. The molecule has 1 aliphatic heterocycles. The summed E-state index contributed by atoms with van der Waals surface area (Å²) in [6.07, 6.45) is 2.98. The molecule has 1 aliphatic carbocycles. The summed E-state index contributed by atoms with van der Waals surface area (Å²) in [6.45, 7) is 0.888. The highest BCUT2D eigenvalue weighted by molar-refractivity contribution is 7.80. The molecule has 0 unspecified atom stereocenters. The highest BCUT2D eigenvalue weighted by Crippen LogP contribution is 2.31. The van der Waals surface area contributed by atoms with Crippen LogP contribution < -0.4 is 16.4 Å². The van der Waals surface area contributed by atoms with Gasteiger partial charge in [-0.05, 0) is 25.7 Å². The van der Waals surface area contributed by atoms with E-state index in [4.69, 9.17) is 22.7 Å². The molecule has 19 heavy (non-hydrogen) atoms. The van der Waals surface area contributed by atoms with Crippen LogP contribution in [0.5, 0.6) is 0 Å². The lowest BCUT2D eigenvalue weighted by Crippen LogP contribution is -2.53. The average Bonchev–Trinajstić information content (AvgIpc) is 3.20. The number of hydrogen-bond donors (Lipinski definition) is 3. The first-order valence-corrected chi connectivity index (χ1v) is 6.91. The van der Waals surface area contributed by atoms with E-state index in [1.165, 1.54) is 0 Å². The molecule has 1 saturated heterocycles. The molecule has 2 aliphatic rings. The molecule has 1 saturated carbocycles. The van der Waals surface area contributed by atoms with Crippen molar-refractivity contribution >= 4 is 29.0 Å².